The van der Waals surface area contributed by atoms with Gasteiger partial charge in [-0.3, -0.25) is 0 Å². The SMILES string of the molecule is CC(C)(C1CCCCC1)C(P(c1ccccc1)c1ccccc1)P(c1ccccc1)c1ccccc1. The molecule has 0 aromatic heterocycles. The maximum Gasteiger partial charge on any atom is 0.0208 e. The first kappa shape index (κ1) is 25.4. The molecule has 4 aromatic carbocycles. The van der Waals surface area contributed by atoms with Gasteiger partial charge in [-0.2, -0.15) is 0 Å². The fourth-order valence-corrected chi connectivity index (χ4v) is 14.0. The summed E-state index contributed by atoms with van der Waals surface area (Å²) in [6.45, 7) is 5.24. The maximum absolute atomic E-state index is 2.62. The molecule has 1 aliphatic rings. The van der Waals surface area contributed by atoms with Crippen LogP contribution in [0.1, 0.15) is 46.0 Å². The van der Waals surface area contributed by atoms with Crippen molar-refractivity contribution in [3.05, 3.63) is 121 Å². The summed E-state index contributed by atoms with van der Waals surface area (Å²) in [5.41, 5.74) is 0.204. The number of rotatable bonds is 8. The van der Waals surface area contributed by atoms with Crippen LogP contribution < -0.4 is 21.2 Å². The Morgan fingerprint density at radius 2 is 0.806 bits per heavy atom. The van der Waals surface area contributed by atoms with Crippen molar-refractivity contribution in [2.24, 2.45) is 11.3 Å². The molecule has 0 heterocycles. The minimum atomic E-state index is -0.585. The van der Waals surface area contributed by atoms with Crippen molar-refractivity contribution in [2.75, 3.05) is 0 Å². The highest BCUT2D eigenvalue weighted by molar-refractivity contribution is 7.89. The molecule has 0 unspecified atom stereocenters. The molecule has 0 nitrogen and oxygen atoms in total. The summed E-state index contributed by atoms with van der Waals surface area (Å²) in [5, 5.41) is 6.55. The smallest absolute Gasteiger partial charge is 0.0208 e. The molecule has 1 saturated carbocycles. The fraction of sp³-hybridized carbons (Fsp3) is 0.294. The molecule has 0 spiro atoms. The van der Waals surface area contributed by atoms with Gasteiger partial charge in [0.25, 0.3) is 0 Å². The number of hydrogen-bond acceptors (Lipinski definition) is 0. The second kappa shape index (κ2) is 11.9. The minimum absolute atomic E-state index is 0.204. The van der Waals surface area contributed by atoms with Crippen LogP contribution in [0.4, 0.5) is 0 Å². The Morgan fingerprint density at radius 1 is 0.500 bits per heavy atom. The first-order valence-corrected chi connectivity index (χ1v) is 16.3. The van der Waals surface area contributed by atoms with Gasteiger partial charge in [-0.1, -0.05) is 154 Å². The van der Waals surface area contributed by atoms with Gasteiger partial charge in [0.15, 0.2) is 0 Å². The molecule has 2 heteroatoms. The van der Waals surface area contributed by atoms with Gasteiger partial charge in [0.2, 0.25) is 0 Å². The Balaban J connectivity index is 1.77. The van der Waals surface area contributed by atoms with E-state index in [0.717, 1.165) is 5.92 Å². The van der Waals surface area contributed by atoms with Gasteiger partial charge in [-0.25, -0.2) is 0 Å². The molecule has 0 amide bonds. The maximum atomic E-state index is 2.62. The third-order valence-electron chi connectivity index (χ3n) is 7.95. The lowest BCUT2D eigenvalue weighted by Crippen LogP contribution is -2.42. The standard InChI is InChI=1S/C34H38P2/c1-34(2,28-18-8-3-9-19-28)33(35(29-20-10-4-11-21-29)30-22-12-5-13-23-30)36(31-24-14-6-15-25-31)32-26-16-7-17-27-32/h4-7,10-17,20-28,33H,3,8-9,18-19H2,1-2H3. The van der Waals surface area contributed by atoms with Crippen molar-refractivity contribution in [2.45, 2.75) is 51.4 Å². The summed E-state index contributed by atoms with van der Waals surface area (Å²) in [6.07, 6.45) is 6.88. The van der Waals surface area contributed by atoms with Gasteiger partial charge in [0.05, 0.1) is 0 Å². The predicted molar refractivity (Wildman–Crippen MR) is 162 cm³/mol. The van der Waals surface area contributed by atoms with Crippen molar-refractivity contribution in [1.82, 2.24) is 0 Å². The Kier molecular flexibility index (Phi) is 8.36. The molecule has 0 atom stereocenters. The second-order valence-electron chi connectivity index (χ2n) is 10.6. The molecular weight excluding hydrogens is 470 g/mol. The molecule has 1 fully saturated rings. The largest absolute Gasteiger partial charge is 0.0622 e. The Labute approximate surface area is 220 Å². The lowest BCUT2D eigenvalue weighted by Gasteiger charge is -2.50. The summed E-state index contributed by atoms with van der Waals surface area (Å²) in [6, 6.07) is 45.8. The quantitative estimate of drug-likeness (QED) is 0.211. The van der Waals surface area contributed by atoms with Crippen molar-refractivity contribution in [3.8, 4) is 0 Å². The normalized spacial score (nSPS) is 15.0. The molecule has 0 saturated heterocycles. The monoisotopic (exact) mass is 508 g/mol. The highest BCUT2D eigenvalue weighted by atomic mass is 31.2. The summed E-state index contributed by atoms with van der Waals surface area (Å²) in [5.74, 6) is 0.756. The Bertz CT molecular complexity index is 1020. The van der Waals surface area contributed by atoms with Gasteiger partial charge in [0, 0.05) is 5.40 Å². The summed E-state index contributed by atoms with van der Waals surface area (Å²) in [7, 11) is -1.17. The van der Waals surface area contributed by atoms with E-state index in [1.807, 2.05) is 0 Å². The van der Waals surface area contributed by atoms with E-state index in [0.29, 0.717) is 5.40 Å². The number of benzene rings is 4. The van der Waals surface area contributed by atoms with Gasteiger partial charge >= 0.3 is 0 Å². The van der Waals surface area contributed by atoms with Gasteiger partial charge in [0.1, 0.15) is 0 Å². The fourth-order valence-electron chi connectivity index (χ4n) is 6.06. The predicted octanol–water partition coefficient (Wildman–Crippen LogP) is 8.18. The van der Waals surface area contributed by atoms with Crippen LogP contribution >= 0.6 is 15.8 Å². The van der Waals surface area contributed by atoms with Crippen LogP contribution in [0.15, 0.2) is 121 Å². The van der Waals surface area contributed by atoms with E-state index < -0.39 is 15.8 Å². The zero-order chi connectivity index (χ0) is 24.8. The molecule has 36 heavy (non-hydrogen) atoms. The first-order valence-electron chi connectivity index (χ1n) is 13.4. The van der Waals surface area contributed by atoms with Gasteiger partial charge in [-0.05, 0) is 61.2 Å². The second-order valence-corrected chi connectivity index (χ2v) is 15.6. The van der Waals surface area contributed by atoms with Crippen molar-refractivity contribution < 1.29 is 0 Å². The lowest BCUT2D eigenvalue weighted by molar-refractivity contribution is 0.174. The van der Waals surface area contributed by atoms with Crippen molar-refractivity contribution in [1.29, 1.82) is 0 Å². The molecular formula is C34H38P2. The van der Waals surface area contributed by atoms with E-state index in [9.17, 15) is 0 Å². The molecule has 4 aromatic rings. The first-order chi connectivity index (χ1) is 17.7. The summed E-state index contributed by atoms with van der Waals surface area (Å²) < 4.78 is 0. The molecule has 0 bridgehead atoms. The molecule has 5 rings (SSSR count). The zero-order valence-electron chi connectivity index (χ0n) is 21.6. The van der Waals surface area contributed by atoms with Crippen LogP contribution in [0.2, 0.25) is 0 Å². The molecule has 1 aliphatic carbocycles. The van der Waals surface area contributed by atoms with Gasteiger partial charge in [-0.15, -0.1) is 0 Å². The van der Waals surface area contributed by atoms with Crippen LogP contribution in [-0.2, 0) is 0 Å². The summed E-state index contributed by atoms with van der Waals surface area (Å²) >= 11 is 0. The average Bonchev–Trinajstić information content (AvgIpc) is 2.95. The topological polar surface area (TPSA) is 0 Å². The van der Waals surface area contributed by atoms with E-state index in [1.54, 1.807) is 0 Å². The van der Waals surface area contributed by atoms with Crippen molar-refractivity contribution >= 4 is 37.1 Å². The molecule has 0 radical (unpaired) electrons. The molecule has 0 N–H and O–H groups in total. The van der Waals surface area contributed by atoms with E-state index in [4.69, 9.17) is 0 Å². The Hall–Kier alpha value is -2.26. The van der Waals surface area contributed by atoms with Crippen LogP contribution in [0.25, 0.3) is 0 Å². The Morgan fingerprint density at radius 3 is 1.11 bits per heavy atom. The van der Waals surface area contributed by atoms with Crippen LogP contribution in [0, 0.1) is 11.3 Å². The average molecular weight is 509 g/mol. The van der Waals surface area contributed by atoms with Crippen LogP contribution in [0.3, 0.4) is 0 Å². The highest BCUT2D eigenvalue weighted by Crippen LogP contribution is 2.65. The van der Waals surface area contributed by atoms with E-state index in [-0.39, 0.29) is 5.41 Å². The van der Waals surface area contributed by atoms with Gasteiger partial charge < -0.3 is 0 Å². The third kappa shape index (κ3) is 5.52. The summed E-state index contributed by atoms with van der Waals surface area (Å²) in [4.78, 5) is 0. The lowest BCUT2D eigenvalue weighted by atomic mass is 9.72. The molecule has 184 valence electrons. The van der Waals surface area contributed by atoms with Crippen LogP contribution in [0.5, 0.6) is 0 Å². The number of hydrogen-bond donors (Lipinski definition) is 0. The van der Waals surface area contributed by atoms with E-state index in [1.165, 1.54) is 53.3 Å². The van der Waals surface area contributed by atoms with Crippen LogP contribution in [-0.4, -0.2) is 5.40 Å². The molecule has 0 aliphatic heterocycles. The zero-order valence-corrected chi connectivity index (χ0v) is 23.4. The minimum Gasteiger partial charge on any atom is -0.0622 e. The van der Waals surface area contributed by atoms with E-state index >= 15 is 0 Å². The van der Waals surface area contributed by atoms with E-state index in [2.05, 4.69) is 135 Å². The third-order valence-corrected chi connectivity index (χ3v) is 15.1. The van der Waals surface area contributed by atoms with Crippen molar-refractivity contribution in [3.63, 3.8) is 0 Å². The highest BCUT2D eigenvalue weighted by Gasteiger charge is 2.47.